The molecule has 0 atom stereocenters. The first-order chi connectivity index (χ1) is 16.0. The number of aryl methyl sites for hydroxylation is 1. The van der Waals surface area contributed by atoms with Crippen LogP contribution in [0.3, 0.4) is 0 Å². The van der Waals surface area contributed by atoms with Crippen LogP contribution in [0, 0.1) is 12.7 Å². The molecule has 1 fully saturated rings. The number of carbonyl (C=O) groups excluding carboxylic acids is 1. The molecule has 0 aliphatic carbocycles. The summed E-state index contributed by atoms with van der Waals surface area (Å²) in [6.45, 7) is 6.64. The molecule has 0 saturated carbocycles. The first-order valence-corrected chi connectivity index (χ1v) is 11.7. The predicted molar refractivity (Wildman–Crippen MR) is 128 cm³/mol. The molecule has 5 rings (SSSR count). The van der Waals surface area contributed by atoms with Crippen LogP contribution in [0.5, 0.6) is 0 Å². The molecule has 170 valence electrons. The summed E-state index contributed by atoms with van der Waals surface area (Å²) in [7, 11) is 2.10. The molecule has 1 N–H and O–H groups in total. The van der Waals surface area contributed by atoms with Crippen molar-refractivity contribution in [3.63, 3.8) is 0 Å². The summed E-state index contributed by atoms with van der Waals surface area (Å²) in [4.78, 5) is 31.1. The Morgan fingerprint density at radius 3 is 2.76 bits per heavy atom. The van der Waals surface area contributed by atoms with Crippen molar-refractivity contribution in [3.8, 4) is 10.4 Å². The number of nitrogens with zero attached hydrogens (tertiary/aromatic N) is 5. The Balaban J connectivity index is 1.29. The standard InChI is InChI=1S/C24H25FN6OS/c1-15-23(33-24(28-15)29-21(32)14-31-7-5-30(2)6-8-31)16-3-4-20-17(9-16)12-27-22(20)18-10-19(25)13-26-11-18/h3-4,9-11,13H,5-8,12,14H2,1-2H3,(H,28,29,32). The lowest BCUT2D eigenvalue weighted by Crippen LogP contribution is -2.47. The van der Waals surface area contributed by atoms with Crippen LogP contribution in [0.25, 0.3) is 10.4 Å². The van der Waals surface area contributed by atoms with Gasteiger partial charge in [-0.05, 0) is 37.2 Å². The van der Waals surface area contributed by atoms with Gasteiger partial charge in [-0.2, -0.15) is 0 Å². The number of rotatable bonds is 5. The molecule has 2 aromatic heterocycles. The Labute approximate surface area is 196 Å². The molecular weight excluding hydrogens is 439 g/mol. The number of halogens is 1. The number of benzene rings is 1. The summed E-state index contributed by atoms with van der Waals surface area (Å²) in [6.07, 6.45) is 2.83. The van der Waals surface area contributed by atoms with Crippen LogP contribution < -0.4 is 5.32 Å². The quantitative estimate of drug-likeness (QED) is 0.628. The fraction of sp³-hybridized carbons (Fsp3) is 0.333. The molecule has 2 aliphatic rings. The fourth-order valence-corrected chi connectivity index (χ4v) is 5.20. The lowest BCUT2D eigenvalue weighted by molar-refractivity contribution is -0.117. The Morgan fingerprint density at radius 1 is 1.15 bits per heavy atom. The van der Waals surface area contributed by atoms with E-state index in [1.54, 1.807) is 6.20 Å². The number of nitrogens with one attached hydrogen (secondary N) is 1. The number of thiazole rings is 1. The highest BCUT2D eigenvalue weighted by atomic mass is 32.1. The molecule has 1 saturated heterocycles. The molecule has 3 aromatic rings. The first-order valence-electron chi connectivity index (χ1n) is 10.9. The minimum absolute atomic E-state index is 0.0319. The number of fused-ring (bicyclic) bond motifs is 1. The van der Waals surface area contributed by atoms with Gasteiger partial charge in [0.25, 0.3) is 0 Å². The smallest absolute Gasteiger partial charge is 0.240 e. The molecule has 2 aliphatic heterocycles. The Hall–Kier alpha value is -3.01. The molecule has 4 heterocycles. The number of pyridine rings is 1. The van der Waals surface area contributed by atoms with Gasteiger partial charge in [-0.15, -0.1) is 0 Å². The van der Waals surface area contributed by atoms with Crippen LogP contribution in [0.4, 0.5) is 9.52 Å². The van der Waals surface area contributed by atoms with Gasteiger partial charge in [0.05, 0.1) is 35.6 Å². The van der Waals surface area contributed by atoms with Crippen molar-refractivity contribution in [1.29, 1.82) is 0 Å². The summed E-state index contributed by atoms with van der Waals surface area (Å²) >= 11 is 1.48. The van der Waals surface area contributed by atoms with E-state index in [0.29, 0.717) is 23.8 Å². The minimum atomic E-state index is -0.372. The molecular formula is C24H25FN6OS. The topological polar surface area (TPSA) is 73.7 Å². The van der Waals surface area contributed by atoms with Crippen molar-refractivity contribution >= 4 is 28.1 Å². The third-order valence-corrected chi connectivity index (χ3v) is 7.14. The number of aromatic nitrogens is 2. The van der Waals surface area contributed by atoms with Crippen molar-refractivity contribution in [2.75, 3.05) is 45.1 Å². The van der Waals surface area contributed by atoms with E-state index in [4.69, 9.17) is 0 Å². The van der Waals surface area contributed by atoms with Crippen molar-refractivity contribution in [2.24, 2.45) is 4.99 Å². The zero-order valence-electron chi connectivity index (χ0n) is 18.6. The number of hydrogen-bond acceptors (Lipinski definition) is 7. The SMILES string of the molecule is Cc1nc(NC(=O)CN2CCN(C)CC2)sc1-c1ccc2c(c1)CN=C2c1cncc(F)c1. The van der Waals surface area contributed by atoms with Crippen molar-refractivity contribution < 1.29 is 9.18 Å². The van der Waals surface area contributed by atoms with Crippen LogP contribution in [-0.2, 0) is 11.3 Å². The molecule has 1 aromatic carbocycles. The molecule has 0 spiro atoms. The van der Waals surface area contributed by atoms with Crippen LogP contribution in [0.1, 0.15) is 22.4 Å². The molecule has 0 bridgehead atoms. The second-order valence-electron chi connectivity index (χ2n) is 8.49. The maximum Gasteiger partial charge on any atom is 0.240 e. The van der Waals surface area contributed by atoms with Crippen LogP contribution in [0.15, 0.2) is 41.7 Å². The van der Waals surface area contributed by atoms with E-state index in [1.165, 1.54) is 23.6 Å². The molecule has 0 radical (unpaired) electrons. The third-order valence-electron chi connectivity index (χ3n) is 6.01. The normalized spacial score (nSPS) is 16.5. The number of aliphatic imine (C=N–C) groups is 1. The molecule has 1 amide bonds. The number of piperazine rings is 1. The number of carbonyl (C=O) groups is 1. The van der Waals surface area contributed by atoms with E-state index in [-0.39, 0.29) is 11.7 Å². The monoisotopic (exact) mass is 464 g/mol. The Kier molecular flexibility index (Phi) is 6.01. The van der Waals surface area contributed by atoms with E-state index in [0.717, 1.165) is 59.2 Å². The highest BCUT2D eigenvalue weighted by Crippen LogP contribution is 2.35. The average molecular weight is 465 g/mol. The number of amides is 1. The van der Waals surface area contributed by atoms with Crippen LogP contribution >= 0.6 is 11.3 Å². The van der Waals surface area contributed by atoms with E-state index in [2.05, 4.69) is 43.2 Å². The maximum absolute atomic E-state index is 13.6. The van der Waals surface area contributed by atoms with Crippen LogP contribution in [-0.4, -0.2) is 71.2 Å². The van der Waals surface area contributed by atoms with Gasteiger partial charge in [-0.3, -0.25) is 19.7 Å². The number of anilines is 1. The molecule has 0 unspecified atom stereocenters. The molecule has 9 heteroatoms. The third kappa shape index (κ3) is 4.71. The van der Waals surface area contributed by atoms with Gasteiger partial charge in [-0.1, -0.05) is 23.5 Å². The Bertz CT molecular complexity index is 1230. The van der Waals surface area contributed by atoms with E-state index in [9.17, 15) is 9.18 Å². The van der Waals surface area contributed by atoms with Gasteiger partial charge in [0.15, 0.2) is 5.13 Å². The van der Waals surface area contributed by atoms with Gasteiger partial charge in [0.1, 0.15) is 5.82 Å². The molecule has 7 nitrogen and oxygen atoms in total. The van der Waals surface area contributed by atoms with E-state index in [1.807, 2.05) is 19.1 Å². The number of likely N-dealkylation sites (N-methyl/N-ethyl adjacent to an activating group) is 1. The average Bonchev–Trinajstić information content (AvgIpc) is 3.38. The lowest BCUT2D eigenvalue weighted by atomic mass is 9.98. The second-order valence-corrected chi connectivity index (χ2v) is 9.49. The van der Waals surface area contributed by atoms with Crippen molar-refractivity contribution in [3.05, 3.63) is 64.9 Å². The predicted octanol–water partition coefficient (Wildman–Crippen LogP) is 3.19. The first kappa shape index (κ1) is 21.8. The number of hydrogen-bond donors (Lipinski definition) is 1. The highest BCUT2D eigenvalue weighted by molar-refractivity contribution is 7.19. The summed E-state index contributed by atoms with van der Waals surface area (Å²) in [6, 6.07) is 7.61. The summed E-state index contributed by atoms with van der Waals surface area (Å²) < 4.78 is 13.6. The van der Waals surface area contributed by atoms with Crippen molar-refractivity contribution in [1.82, 2.24) is 19.8 Å². The van der Waals surface area contributed by atoms with Gasteiger partial charge >= 0.3 is 0 Å². The summed E-state index contributed by atoms with van der Waals surface area (Å²) in [5.41, 5.74) is 5.44. The Morgan fingerprint density at radius 2 is 1.97 bits per heavy atom. The van der Waals surface area contributed by atoms with Crippen LogP contribution in [0.2, 0.25) is 0 Å². The zero-order valence-corrected chi connectivity index (χ0v) is 19.5. The van der Waals surface area contributed by atoms with E-state index >= 15 is 0 Å². The van der Waals surface area contributed by atoms with Gasteiger partial charge in [-0.25, -0.2) is 9.37 Å². The maximum atomic E-state index is 13.6. The molecule has 33 heavy (non-hydrogen) atoms. The van der Waals surface area contributed by atoms with E-state index < -0.39 is 0 Å². The van der Waals surface area contributed by atoms with Gasteiger partial charge in [0.2, 0.25) is 5.91 Å². The minimum Gasteiger partial charge on any atom is -0.304 e. The second kappa shape index (κ2) is 9.09. The lowest BCUT2D eigenvalue weighted by Gasteiger charge is -2.31. The summed E-state index contributed by atoms with van der Waals surface area (Å²) in [5.74, 6) is -0.404. The summed E-state index contributed by atoms with van der Waals surface area (Å²) in [5, 5.41) is 3.58. The van der Waals surface area contributed by atoms with Gasteiger partial charge in [0, 0.05) is 43.5 Å². The highest BCUT2D eigenvalue weighted by Gasteiger charge is 2.21. The fourth-order valence-electron chi connectivity index (χ4n) is 4.22. The zero-order chi connectivity index (χ0) is 22.9. The largest absolute Gasteiger partial charge is 0.304 e. The van der Waals surface area contributed by atoms with Crippen molar-refractivity contribution in [2.45, 2.75) is 13.5 Å². The van der Waals surface area contributed by atoms with Gasteiger partial charge < -0.3 is 10.2 Å².